The number of aromatic amines is 1. The minimum absolute atomic E-state index is 0.0515. The molecule has 1 N–H and O–H groups in total. The molecule has 5 aromatic rings. The first-order valence-electron chi connectivity index (χ1n) is 8.79. The molecule has 0 atom stereocenters. The average molecular weight is 355 g/mol. The Kier molecular flexibility index (Phi) is 3.31. The van der Waals surface area contributed by atoms with Gasteiger partial charge in [-0.2, -0.15) is 0 Å². The van der Waals surface area contributed by atoms with Crippen molar-refractivity contribution in [2.45, 2.75) is 13.8 Å². The Balaban J connectivity index is 1.83. The van der Waals surface area contributed by atoms with Crippen molar-refractivity contribution in [2.75, 3.05) is 0 Å². The Morgan fingerprint density at radius 3 is 2.52 bits per heavy atom. The first-order valence-corrected chi connectivity index (χ1v) is 8.79. The molecule has 0 saturated carbocycles. The molecule has 3 aromatic heterocycles. The van der Waals surface area contributed by atoms with E-state index in [4.69, 9.17) is 4.52 Å². The van der Waals surface area contributed by atoms with Gasteiger partial charge >= 0.3 is 0 Å². The average Bonchev–Trinajstić information content (AvgIpc) is 3.21. The van der Waals surface area contributed by atoms with Crippen LogP contribution in [-0.2, 0) is 0 Å². The number of aryl methyl sites for hydroxylation is 2. The van der Waals surface area contributed by atoms with Crippen LogP contribution in [0.25, 0.3) is 38.8 Å². The molecule has 5 rings (SSSR count). The molecule has 0 radical (unpaired) electrons. The third-order valence-corrected chi connectivity index (χ3v) is 4.97. The van der Waals surface area contributed by atoms with Gasteiger partial charge in [0.2, 0.25) is 0 Å². The molecule has 0 bridgehead atoms. The van der Waals surface area contributed by atoms with Crippen molar-refractivity contribution in [1.82, 2.24) is 14.7 Å². The van der Waals surface area contributed by atoms with Gasteiger partial charge in [-0.15, -0.1) is 0 Å². The Morgan fingerprint density at radius 1 is 0.963 bits per heavy atom. The van der Waals surface area contributed by atoms with Gasteiger partial charge in [-0.1, -0.05) is 35.5 Å². The summed E-state index contributed by atoms with van der Waals surface area (Å²) in [6.45, 7) is 3.85. The van der Waals surface area contributed by atoms with Gasteiger partial charge in [-0.25, -0.2) is 0 Å². The fraction of sp³-hybridized carbons (Fsp3) is 0.0909. The number of fused-ring (bicyclic) bond motifs is 3. The smallest absolute Gasteiger partial charge is 0.255 e. The molecule has 0 saturated heterocycles. The van der Waals surface area contributed by atoms with E-state index in [-0.39, 0.29) is 5.56 Å². The lowest BCUT2D eigenvalue weighted by atomic mass is 10.0. The Bertz CT molecular complexity index is 1340. The van der Waals surface area contributed by atoms with E-state index < -0.39 is 0 Å². The van der Waals surface area contributed by atoms with E-state index in [0.717, 1.165) is 50.2 Å². The second-order valence-corrected chi connectivity index (χ2v) is 6.69. The molecule has 5 nitrogen and oxygen atoms in total. The van der Waals surface area contributed by atoms with Crippen molar-refractivity contribution < 1.29 is 4.52 Å². The van der Waals surface area contributed by atoms with E-state index in [1.807, 2.05) is 56.3 Å². The Morgan fingerprint density at radius 2 is 1.78 bits per heavy atom. The van der Waals surface area contributed by atoms with Gasteiger partial charge in [0.15, 0.2) is 0 Å². The van der Waals surface area contributed by atoms with Crippen molar-refractivity contribution in [3.63, 3.8) is 0 Å². The summed E-state index contributed by atoms with van der Waals surface area (Å²) in [6.07, 6.45) is 0. The summed E-state index contributed by atoms with van der Waals surface area (Å²) in [6, 6.07) is 19.3. The van der Waals surface area contributed by atoms with Gasteiger partial charge in [0.1, 0.15) is 5.76 Å². The van der Waals surface area contributed by atoms with E-state index in [1.165, 1.54) is 0 Å². The van der Waals surface area contributed by atoms with Gasteiger partial charge < -0.3 is 9.51 Å². The van der Waals surface area contributed by atoms with E-state index in [0.29, 0.717) is 0 Å². The number of pyridine rings is 1. The molecule has 2 aromatic carbocycles. The molecular formula is C22H17N3O2. The van der Waals surface area contributed by atoms with Gasteiger partial charge in [-0.3, -0.25) is 9.36 Å². The van der Waals surface area contributed by atoms with Gasteiger partial charge in [0.25, 0.3) is 5.56 Å². The Hall–Kier alpha value is -3.60. The SMILES string of the molecule is Cc1noc(C)c1-c1ccc2c(c1)[nH]c1ccc(=O)n(-c3ccccc3)c12. The number of aromatic nitrogens is 3. The largest absolute Gasteiger partial charge is 0.361 e. The van der Waals surface area contributed by atoms with Crippen molar-refractivity contribution in [2.24, 2.45) is 0 Å². The van der Waals surface area contributed by atoms with Crippen molar-refractivity contribution in [1.29, 1.82) is 0 Å². The summed E-state index contributed by atoms with van der Waals surface area (Å²) in [5.41, 5.74) is 6.49. The highest BCUT2D eigenvalue weighted by molar-refractivity contribution is 6.07. The van der Waals surface area contributed by atoms with Crippen LogP contribution in [0.15, 0.2) is 70.0 Å². The third-order valence-electron chi connectivity index (χ3n) is 4.97. The number of hydrogen-bond acceptors (Lipinski definition) is 3. The molecule has 3 heterocycles. The van der Waals surface area contributed by atoms with Gasteiger partial charge in [-0.05, 0) is 43.7 Å². The third kappa shape index (κ3) is 2.32. The highest BCUT2D eigenvalue weighted by Gasteiger charge is 2.15. The fourth-order valence-corrected chi connectivity index (χ4v) is 3.79. The predicted molar refractivity (Wildman–Crippen MR) is 106 cm³/mol. The van der Waals surface area contributed by atoms with Crippen LogP contribution in [0.5, 0.6) is 0 Å². The van der Waals surface area contributed by atoms with Crippen LogP contribution in [0.2, 0.25) is 0 Å². The lowest BCUT2D eigenvalue weighted by Crippen LogP contribution is -2.16. The number of nitrogens with zero attached hydrogens (tertiary/aromatic N) is 2. The second-order valence-electron chi connectivity index (χ2n) is 6.69. The van der Waals surface area contributed by atoms with Gasteiger partial charge in [0.05, 0.1) is 16.7 Å². The number of hydrogen-bond donors (Lipinski definition) is 1. The van der Waals surface area contributed by atoms with E-state index in [2.05, 4.69) is 22.3 Å². The molecule has 132 valence electrons. The molecule has 0 aliphatic carbocycles. The van der Waals surface area contributed by atoms with E-state index >= 15 is 0 Å². The first kappa shape index (κ1) is 15.6. The molecule has 0 unspecified atom stereocenters. The quantitative estimate of drug-likeness (QED) is 0.497. The molecule has 0 amide bonds. The summed E-state index contributed by atoms with van der Waals surface area (Å²) in [5.74, 6) is 0.796. The second kappa shape index (κ2) is 5.71. The zero-order chi connectivity index (χ0) is 18.5. The summed E-state index contributed by atoms with van der Waals surface area (Å²) in [7, 11) is 0. The van der Waals surface area contributed by atoms with E-state index in [1.54, 1.807) is 10.6 Å². The standard InChI is InChI=1S/C22H17N3O2/c1-13-21(14(2)27-24-13)15-8-9-17-19(12-15)23-18-10-11-20(26)25(22(17)18)16-6-4-3-5-7-16/h3-12,23H,1-2H3. The summed E-state index contributed by atoms with van der Waals surface area (Å²) in [5, 5.41) is 5.05. The fourth-order valence-electron chi connectivity index (χ4n) is 3.79. The highest BCUT2D eigenvalue weighted by Crippen LogP contribution is 2.32. The van der Waals surface area contributed by atoms with Crippen LogP contribution in [0, 0.1) is 13.8 Å². The van der Waals surface area contributed by atoms with Crippen LogP contribution in [-0.4, -0.2) is 14.7 Å². The molecular weight excluding hydrogens is 338 g/mol. The lowest BCUT2D eigenvalue weighted by Gasteiger charge is -2.08. The Labute approximate surface area is 154 Å². The summed E-state index contributed by atoms with van der Waals surface area (Å²) >= 11 is 0. The molecule has 5 heteroatoms. The monoisotopic (exact) mass is 355 g/mol. The molecule has 0 fully saturated rings. The van der Waals surface area contributed by atoms with Crippen LogP contribution in [0.4, 0.5) is 0 Å². The number of para-hydroxylation sites is 1. The topological polar surface area (TPSA) is 63.8 Å². The molecule has 0 aliphatic rings. The number of benzene rings is 2. The number of H-pyrrole nitrogens is 1. The van der Waals surface area contributed by atoms with Crippen LogP contribution >= 0.6 is 0 Å². The number of nitrogens with one attached hydrogen (secondary N) is 1. The normalized spacial score (nSPS) is 11.5. The molecule has 27 heavy (non-hydrogen) atoms. The van der Waals surface area contributed by atoms with Crippen molar-refractivity contribution in [3.05, 3.63) is 82.5 Å². The van der Waals surface area contributed by atoms with Crippen LogP contribution in [0.1, 0.15) is 11.5 Å². The maximum atomic E-state index is 12.6. The lowest BCUT2D eigenvalue weighted by molar-refractivity contribution is 0.393. The van der Waals surface area contributed by atoms with E-state index in [9.17, 15) is 4.79 Å². The van der Waals surface area contributed by atoms with Crippen molar-refractivity contribution >= 4 is 21.9 Å². The van der Waals surface area contributed by atoms with Crippen molar-refractivity contribution in [3.8, 4) is 16.8 Å². The van der Waals surface area contributed by atoms with Crippen LogP contribution < -0.4 is 5.56 Å². The summed E-state index contributed by atoms with van der Waals surface area (Å²) < 4.78 is 7.06. The zero-order valence-corrected chi connectivity index (χ0v) is 15.0. The number of rotatable bonds is 2. The maximum Gasteiger partial charge on any atom is 0.255 e. The van der Waals surface area contributed by atoms with Gasteiger partial charge in [0, 0.05) is 28.2 Å². The molecule has 0 aliphatic heterocycles. The molecule has 0 spiro atoms. The summed E-state index contributed by atoms with van der Waals surface area (Å²) in [4.78, 5) is 16.1. The predicted octanol–water partition coefficient (Wildman–Crippen LogP) is 4.74. The first-order chi connectivity index (χ1) is 13.1. The van der Waals surface area contributed by atoms with Crippen LogP contribution in [0.3, 0.4) is 0 Å². The zero-order valence-electron chi connectivity index (χ0n) is 15.0. The minimum atomic E-state index is -0.0515. The highest BCUT2D eigenvalue weighted by atomic mass is 16.5. The minimum Gasteiger partial charge on any atom is -0.361 e. The maximum absolute atomic E-state index is 12.6.